The molecule has 9 nitrogen and oxygen atoms in total. The zero-order valence-electron chi connectivity index (χ0n) is 16.7. The zero-order valence-corrected chi connectivity index (χ0v) is 18.3. The summed E-state index contributed by atoms with van der Waals surface area (Å²) in [4.78, 5) is 11.4. The molecular formula is C18H19F3N2O7S2. The number of alkyl halides is 3. The number of hydrogen-bond acceptors (Lipinski definition) is 7. The number of nitrogens with zero attached hydrogens (tertiary/aromatic N) is 1. The monoisotopic (exact) mass is 496 g/mol. The zero-order chi connectivity index (χ0) is 23.7. The minimum absolute atomic E-state index is 0.118. The number of piperidine rings is 1. The number of nitrogens with one attached hydrogen (secondary N) is 1. The van der Waals surface area contributed by atoms with Gasteiger partial charge < -0.3 is 14.5 Å². The van der Waals surface area contributed by atoms with Gasteiger partial charge in [-0.15, -0.1) is 0 Å². The number of rotatable bonds is 6. The number of sulfonamides is 1. The maximum Gasteiger partial charge on any atom is 0.501 e. The molecule has 14 heteroatoms. The number of anilines is 1. The molecule has 2 heterocycles. The molecule has 0 bridgehead atoms. The molecule has 3 rings (SSSR count). The fourth-order valence-electron chi connectivity index (χ4n) is 3.08. The van der Waals surface area contributed by atoms with Crippen LogP contribution in [0.4, 0.5) is 18.9 Å². The van der Waals surface area contributed by atoms with E-state index >= 15 is 0 Å². The molecule has 1 aliphatic heterocycles. The van der Waals surface area contributed by atoms with E-state index in [0.717, 1.165) is 24.6 Å². The van der Waals surface area contributed by atoms with Gasteiger partial charge in [0.2, 0.25) is 5.09 Å². The molecule has 1 aromatic heterocycles. The molecule has 1 aromatic carbocycles. The summed E-state index contributed by atoms with van der Waals surface area (Å²) in [6, 6.07) is 4.42. The topological polar surface area (TPSA) is 123 Å². The van der Waals surface area contributed by atoms with Crippen molar-refractivity contribution in [2.45, 2.75) is 34.8 Å². The van der Waals surface area contributed by atoms with Crippen molar-refractivity contribution in [3.8, 4) is 5.75 Å². The van der Waals surface area contributed by atoms with Crippen LogP contribution in [0.3, 0.4) is 0 Å². The van der Waals surface area contributed by atoms with E-state index in [1.165, 1.54) is 11.4 Å². The summed E-state index contributed by atoms with van der Waals surface area (Å²) in [5.74, 6) is -1.57. The first-order valence-corrected chi connectivity index (χ1v) is 12.2. The molecule has 1 N–H and O–H groups in total. The molecule has 1 saturated heterocycles. The van der Waals surface area contributed by atoms with Crippen LogP contribution in [0.5, 0.6) is 5.75 Å². The second kappa shape index (κ2) is 8.75. The number of benzene rings is 1. The smallest absolute Gasteiger partial charge is 0.495 e. The molecule has 0 spiro atoms. The van der Waals surface area contributed by atoms with Crippen molar-refractivity contribution in [3.05, 3.63) is 36.1 Å². The Labute approximate surface area is 182 Å². The summed E-state index contributed by atoms with van der Waals surface area (Å²) < 4.78 is 98.5. The van der Waals surface area contributed by atoms with Gasteiger partial charge in [-0.25, -0.2) is 16.8 Å². The molecule has 0 saturated carbocycles. The molecule has 0 unspecified atom stereocenters. The Hall–Kier alpha value is -2.58. The highest BCUT2D eigenvalue weighted by Gasteiger charge is 2.47. The molecule has 0 aliphatic carbocycles. The maximum absolute atomic E-state index is 12.8. The highest BCUT2D eigenvalue weighted by atomic mass is 32.2. The van der Waals surface area contributed by atoms with Crippen molar-refractivity contribution in [2.75, 3.05) is 25.5 Å². The third kappa shape index (κ3) is 4.61. The number of sulfone groups is 1. The van der Waals surface area contributed by atoms with Gasteiger partial charge >= 0.3 is 5.51 Å². The van der Waals surface area contributed by atoms with Crippen LogP contribution in [0.2, 0.25) is 0 Å². The van der Waals surface area contributed by atoms with Gasteiger partial charge in [0.25, 0.3) is 25.8 Å². The van der Waals surface area contributed by atoms with Crippen LogP contribution in [0.15, 0.2) is 44.7 Å². The quantitative estimate of drug-likeness (QED) is 0.652. The number of carbonyl (C=O) groups excluding carboxylic acids is 1. The lowest BCUT2D eigenvalue weighted by Crippen LogP contribution is -2.35. The summed E-state index contributed by atoms with van der Waals surface area (Å²) in [5, 5.41) is 1.73. The Morgan fingerprint density at radius 3 is 2.31 bits per heavy atom. The summed E-state index contributed by atoms with van der Waals surface area (Å²) in [6.07, 6.45) is 2.30. The van der Waals surface area contributed by atoms with Crippen LogP contribution >= 0.6 is 0 Å². The van der Waals surface area contributed by atoms with E-state index in [0.29, 0.717) is 38.1 Å². The van der Waals surface area contributed by atoms with E-state index < -0.39 is 47.0 Å². The van der Waals surface area contributed by atoms with Gasteiger partial charge in [0, 0.05) is 13.1 Å². The Bertz CT molecular complexity index is 1220. The Morgan fingerprint density at radius 2 is 1.72 bits per heavy atom. The molecule has 2 aromatic rings. The number of hydrogen-bond donors (Lipinski definition) is 1. The Balaban J connectivity index is 1.87. The highest BCUT2D eigenvalue weighted by Crippen LogP contribution is 2.35. The Morgan fingerprint density at radius 1 is 1.06 bits per heavy atom. The van der Waals surface area contributed by atoms with Gasteiger partial charge in [0.1, 0.15) is 5.75 Å². The molecule has 176 valence electrons. The van der Waals surface area contributed by atoms with E-state index in [9.17, 15) is 34.8 Å². The molecule has 1 aliphatic rings. The largest absolute Gasteiger partial charge is 0.501 e. The van der Waals surface area contributed by atoms with Crippen molar-refractivity contribution in [1.29, 1.82) is 0 Å². The van der Waals surface area contributed by atoms with Gasteiger partial charge in [-0.3, -0.25) is 4.79 Å². The average Bonchev–Trinajstić information content (AvgIpc) is 3.25. The van der Waals surface area contributed by atoms with Gasteiger partial charge in [0.15, 0.2) is 5.76 Å². The van der Waals surface area contributed by atoms with Gasteiger partial charge in [0.05, 0.1) is 17.7 Å². The lowest BCUT2D eigenvalue weighted by Gasteiger charge is -2.24. The third-order valence-electron chi connectivity index (χ3n) is 4.75. The first-order valence-electron chi connectivity index (χ1n) is 9.28. The van der Waals surface area contributed by atoms with Crippen molar-refractivity contribution in [2.24, 2.45) is 0 Å². The van der Waals surface area contributed by atoms with Crippen LogP contribution < -0.4 is 10.1 Å². The predicted molar refractivity (Wildman–Crippen MR) is 106 cm³/mol. The van der Waals surface area contributed by atoms with E-state index in [2.05, 4.69) is 5.32 Å². The van der Waals surface area contributed by atoms with E-state index in [-0.39, 0.29) is 11.4 Å². The summed E-state index contributed by atoms with van der Waals surface area (Å²) in [7, 11) is -8.45. The van der Waals surface area contributed by atoms with Crippen LogP contribution in [0.1, 0.15) is 29.8 Å². The van der Waals surface area contributed by atoms with Crippen molar-refractivity contribution < 1.29 is 44.0 Å². The summed E-state index contributed by atoms with van der Waals surface area (Å²) >= 11 is 0. The average molecular weight is 496 g/mol. The van der Waals surface area contributed by atoms with Gasteiger partial charge in [-0.05, 0) is 43.2 Å². The van der Waals surface area contributed by atoms with Gasteiger partial charge in [-0.2, -0.15) is 17.5 Å². The van der Waals surface area contributed by atoms with Crippen molar-refractivity contribution in [3.63, 3.8) is 0 Å². The lowest BCUT2D eigenvalue weighted by molar-refractivity contribution is -0.0436. The van der Waals surface area contributed by atoms with Crippen LogP contribution in [-0.2, 0) is 19.9 Å². The summed E-state index contributed by atoms with van der Waals surface area (Å²) in [6.45, 7) is 0.643. The van der Waals surface area contributed by atoms with Crippen LogP contribution in [0.25, 0.3) is 0 Å². The normalized spacial score (nSPS) is 16.0. The predicted octanol–water partition coefficient (Wildman–Crippen LogP) is 3.01. The van der Waals surface area contributed by atoms with E-state index in [1.807, 2.05) is 0 Å². The number of methoxy groups -OCH3 is 1. The fraction of sp³-hybridized carbons (Fsp3) is 0.389. The van der Waals surface area contributed by atoms with Crippen molar-refractivity contribution in [1.82, 2.24) is 4.31 Å². The number of ether oxygens (including phenoxy) is 1. The third-order valence-corrected chi connectivity index (χ3v) is 8.01. The molecule has 0 radical (unpaired) electrons. The fourth-order valence-corrected chi connectivity index (χ4v) is 5.30. The highest BCUT2D eigenvalue weighted by molar-refractivity contribution is 7.92. The minimum Gasteiger partial charge on any atom is -0.495 e. The Kier molecular flexibility index (Phi) is 6.58. The van der Waals surface area contributed by atoms with E-state index in [4.69, 9.17) is 9.15 Å². The standard InChI is InChI=1S/C18H19F3N2O7S2/c1-29-14-6-5-12(31(25,26)18(19,20)21)11-13(14)22-17(24)15-7-8-16(30-15)32(27,28)23-9-3-2-4-10-23/h5-8,11H,2-4,9-10H2,1H3,(H,22,24). The molecular weight excluding hydrogens is 477 g/mol. The number of carbonyl (C=O) groups is 1. The lowest BCUT2D eigenvalue weighted by atomic mass is 10.2. The van der Waals surface area contributed by atoms with Crippen LogP contribution in [-0.4, -0.2) is 52.8 Å². The number of amides is 1. The van der Waals surface area contributed by atoms with Crippen molar-refractivity contribution >= 4 is 31.5 Å². The first-order chi connectivity index (χ1) is 14.9. The van der Waals surface area contributed by atoms with Crippen LogP contribution in [0, 0.1) is 0 Å². The van der Waals surface area contributed by atoms with Gasteiger partial charge in [-0.1, -0.05) is 6.42 Å². The number of furan rings is 1. The second-order valence-electron chi connectivity index (χ2n) is 6.85. The molecule has 1 fully saturated rings. The maximum atomic E-state index is 12.8. The SMILES string of the molecule is COc1ccc(S(=O)(=O)C(F)(F)F)cc1NC(=O)c1ccc(S(=O)(=O)N2CCCCC2)o1. The van der Waals surface area contributed by atoms with E-state index in [1.54, 1.807) is 0 Å². The molecule has 32 heavy (non-hydrogen) atoms. The molecule has 1 amide bonds. The minimum atomic E-state index is -5.67. The molecule has 0 atom stereocenters. The second-order valence-corrected chi connectivity index (χ2v) is 10.7. The number of halogens is 3. The first kappa shape index (κ1) is 24.1. The summed E-state index contributed by atoms with van der Waals surface area (Å²) in [5.41, 5.74) is -5.92.